The zero-order valence-electron chi connectivity index (χ0n) is 7.91. The highest BCUT2D eigenvalue weighted by molar-refractivity contribution is 7.93. The SMILES string of the molecule is FC(F)(F)c1cccc(CC2=NOSN2)c1. The Morgan fingerprint density at radius 2 is 2.19 bits per heavy atom. The molecule has 1 heterocycles. The Morgan fingerprint density at radius 1 is 1.38 bits per heavy atom. The molecule has 0 aromatic heterocycles. The monoisotopic (exact) mass is 248 g/mol. The van der Waals surface area contributed by atoms with Crippen LogP contribution in [0.4, 0.5) is 13.2 Å². The fourth-order valence-electron chi connectivity index (χ4n) is 1.27. The Labute approximate surface area is 94.0 Å². The van der Waals surface area contributed by atoms with Crippen molar-refractivity contribution in [3.05, 3.63) is 35.4 Å². The van der Waals surface area contributed by atoms with E-state index in [1.54, 1.807) is 6.07 Å². The lowest BCUT2D eigenvalue weighted by Gasteiger charge is -2.08. The summed E-state index contributed by atoms with van der Waals surface area (Å²) in [6, 6.07) is 5.13. The smallest absolute Gasteiger partial charge is 0.297 e. The largest absolute Gasteiger partial charge is 0.416 e. The van der Waals surface area contributed by atoms with Crippen LogP contribution >= 0.6 is 12.2 Å². The molecular weight excluding hydrogens is 241 g/mol. The molecule has 0 fully saturated rings. The minimum atomic E-state index is -4.31. The number of alkyl halides is 3. The molecule has 0 spiro atoms. The molecule has 0 amide bonds. The van der Waals surface area contributed by atoms with E-state index in [0.717, 1.165) is 24.4 Å². The molecule has 86 valence electrons. The first kappa shape index (κ1) is 11.1. The van der Waals surface area contributed by atoms with Crippen LogP contribution in [0.2, 0.25) is 0 Å². The van der Waals surface area contributed by atoms with E-state index in [4.69, 9.17) is 0 Å². The number of hydrogen-bond acceptors (Lipinski definition) is 4. The zero-order valence-corrected chi connectivity index (χ0v) is 8.73. The van der Waals surface area contributed by atoms with E-state index in [9.17, 15) is 13.2 Å². The molecule has 0 aliphatic carbocycles. The number of oxime groups is 1. The van der Waals surface area contributed by atoms with Crippen molar-refractivity contribution < 1.29 is 17.5 Å². The second-order valence-corrected chi connectivity index (χ2v) is 3.69. The van der Waals surface area contributed by atoms with Crippen LogP contribution in [0.5, 0.6) is 0 Å². The third kappa shape index (κ3) is 2.60. The molecule has 1 aliphatic rings. The van der Waals surface area contributed by atoms with Crippen molar-refractivity contribution in [1.82, 2.24) is 4.72 Å². The van der Waals surface area contributed by atoms with Crippen LogP contribution in [0, 0.1) is 0 Å². The molecule has 1 aromatic rings. The summed E-state index contributed by atoms with van der Waals surface area (Å²) in [5.74, 6) is 0.504. The topological polar surface area (TPSA) is 33.6 Å². The molecule has 0 unspecified atom stereocenters. The molecule has 1 N–H and O–H groups in total. The van der Waals surface area contributed by atoms with Gasteiger partial charge >= 0.3 is 6.18 Å². The fourth-order valence-corrected chi connectivity index (χ4v) is 1.64. The molecular formula is C9H7F3N2OS. The summed E-state index contributed by atoms with van der Waals surface area (Å²) in [6.45, 7) is 0. The van der Waals surface area contributed by atoms with Gasteiger partial charge in [-0.15, -0.1) is 0 Å². The summed E-state index contributed by atoms with van der Waals surface area (Å²) in [5, 5.41) is 3.61. The number of nitrogens with one attached hydrogen (secondary N) is 1. The van der Waals surface area contributed by atoms with E-state index in [-0.39, 0.29) is 6.42 Å². The highest BCUT2D eigenvalue weighted by atomic mass is 32.2. The molecule has 3 nitrogen and oxygen atoms in total. The molecule has 0 atom stereocenters. The quantitative estimate of drug-likeness (QED) is 0.645. The average Bonchev–Trinajstić information content (AvgIpc) is 2.70. The second-order valence-electron chi connectivity index (χ2n) is 3.17. The first-order chi connectivity index (χ1) is 7.55. The van der Waals surface area contributed by atoms with E-state index in [2.05, 4.69) is 14.2 Å². The van der Waals surface area contributed by atoms with Crippen molar-refractivity contribution in [2.45, 2.75) is 12.6 Å². The molecule has 1 aromatic carbocycles. The van der Waals surface area contributed by atoms with Crippen LogP contribution < -0.4 is 4.72 Å². The Morgan fingerprint density at radius 3 is 2.81 bits per heavy atom. The minimum Gasteiger partial charge on any atom is -0.297 e. The molecule has 0 bridgehead atoms. The maximum Gasteiger partial charge on any atom is 0.416 e. The number of halogens is 3. The summed E-state index contributed by atoms with van der Waals surface area (Å²) >= 11 is 0.935. The highest BCUT2D eigenvalue weighted by Crippen LogP contribution is 2.29. The van der Waals surface area contributed by atoms with Gasteiger partial charge in [-0.3, -0.25) is 9.01 Å². The molecule has 0 saturated carbocycles. The third-order valence-corrected chi connectivity index (χ3v) is 2.44. The van der Waals surface area contributed by atoms with E-state index in [1.165, 1.54) is 6.07 Å². The number of amidine groups is 1. The van der Waals surface area contributed by atoms with Crippen LogP contribution in [0.1, 0.15) is 11.1 Å². The van der Waals surface area contributed by atoms with Gasteiger partial charge in [0.15, 0.2) is 5.84 Å². The van der Waals surface area contributed by atoms with Crippen LogP contribution in [0.3, 0.4) is 0 Å². The predicted octanol–water partition coefficient (Wildman–Crippen LogP) is 2.74. The number of benzene rings is 1. The van der Waals surface area contributed by atoms with Crippen LogP contribution in [0.25, 0.3) is 0 Å². The summed E-state index contributed by atoms with van der Waals surface area (Å²) in [6.07, 6.45) is -4.02. The van der Waals surface area contributed by atoms with Crippen molar-refractivity contribution in [1.29, 1.82) is 0 Å². The number of hydrogen-bond donors (Lipinski definition) is 1. The average molecular weight is 248 g/mol. The van der Waals surface area contributed by atoms with Crippen LogP contribution in [0.15, 0.2) is 29.4 Å². The lowest BCUT2D eigenvalue weighted by atomic mass is 10.1. The van der Waals surface area contributed by atoms with Crippen LogP contribution in [-0.2, 0) is 16.9 Å². The first-order valence-corrected chi connectivity index (χ1v) is 5.11. The van der Waals surface area contributed by atoms with Crippen molar-refractivity contribution >= 4 is 18.1 Å². The van der Waals surface area contributed by atoms with Gasteiger partial charge in [0.2, 0.25) is 12.2 Å². The summed E-state index contributed by atoms with van der Waals surface area (Å²) in [5.41, 5.74) is -0.121. The third-order valence-electron chi connectivity index (χ3n) is 1.97. The highest BCUT2D eigenvalue weighted by Gasteiger charge is 2.30. The van der Waals surface area contributed by atoms with Crippen molar-refractivity contribution in [2.75, 3.05) is 0 Å². The second kappa shape index (κ2) is 4.25. The maximum atomic E-state index is 12.4. The summed E-state index contributed by atoms with van der Waals surface area (Å²) < 4.78 is 44.5. The van der Waals surface area contributed by atoms with Gasteiger partial charge in [0.1, 0.15) is 0 Å². The van der Waals surface area contributed by atoms with Gasteiger partial charge in [-0.25, -0.2) is 0 Å². The molecule has 1 aliphatic heterocycles. The van der Waals surface area contributed by atoms with Gasteiger partial charge in [-0.05, 0) is 11.6 Å². The number of rotatable bonds is 2. The minimum absolute atomic E-state index is 0.289. The van der Waals surface area contributed by atoms with Gasteiger partial charge in [-0.1, -0.05) is 23.4 Å². The summed E-state index contributed by atoms with van der Waals surface area (Å²) in [4.78, 5) is 0. The molecule has 7 heteroatoms. The fraction of sp³-hybridized carbons (Fsp3) is 0.222. The van der Waals surface area contributed by atoms with Gasteiger partial charge in [0.25, 0.3) is 0 Å². The molecule has 2 rings (SSSR count). The standard InChI is InChI=1S/C9H7F3N2OS/c10-9(11,12)7-3-1-2-6(4-7)5-8-13-15-16-14-8/h1-4H,5H2,(H,13,14). The van der Waals surface area contributed by atoms with Crippen LogP contribution in [-0.4, -0.2) is 5.84 Å². The lowest BCUT2D eigenvalue weighted by Crippen LogP contribution is -2.14. The van der Waals surface area contributed by atoms with Crippen molar-refractivity contribution in [3.63, 3.8) is 0 Å². The Balaban J connectivity index is 2.16. The van der Waals surface area contributed by atoms with Gasteiger partial charge in [-0.2, -0.15) is 13.2 Å². The Hall–Kier alpha value is -1.37. The maximum absolute atomic E-state index is 12.4. The Kier molecular flexibility index (Phi) is 2.95. The van der Waals surface area contributed by atoms with Gasteiger partial charge < -0.3 is 0 Å². The molecule has 0 radical (unpaired) electrons. The zero-order chi connectivity index (χ0) is 11.6. The van der Waals surface area contributed by atoms with E-state index in [1.807, 2.05) is 0 Å². The molecule has 0 saturated heterocycles. The van der Waals surface area contributed by atoms with Gasteiger partial charge in [0, 0.05) is 6.42 Å². The van der Waals surface area contributed by atoms with E-state index >= 15 is 0 Å². The van der Waals surface area contributed by atoms with Gasteiger partial charge in [0.05, 0.1) is 5.56 Å². The normalized spacial score (nSPS) is 15.3. The van der Waals surface area contributed by atoms with Crippen molar-refractivity contribution in [3.8, 4) is 0 Å². The first-order valence-electron chi connectivity index (χ1n) is 4.37. The lowest BCUT2D eigenvalue weighted by molar-refractivity contribution is -0.137. The summed E-state index contributed by atoms with van der Waals surface area (Å²) in [7, 11) is 0. The van der Waals surface area contributed by atoms with Crippen molar-refractivity contribution in [2.24, 2.45) is 5.16 Å². The van der Waals surface area contributed by atoms with E-state index < -0.39 is 11.7 Å². The molecule has 16 heavy (non-hydrogen) atoms. The predicted molar refractivity (Wildman–Crippen MR) is 54.4 cm³/mol. The Bertz CT molecular complexity index is 419. The van der Waals surface area contributed by atoms with E-state index in [0.29, 0.717) is 11.4 Å². The number of nitrogens with zero attached hydrogens (tertiary/aromatic N) is 1.